The lowest BCUT2D eigenvalue weighted by atomic mass is 9.94. The van der Waals surface area contributed by atoms with Crippen LogP contribution in [-0.4, -0.2) is 43.5 Å². The molecule has 3 N–H and O–H groups in total. The minimum absolute atomic E-state index is 0.128. The molecule has 4 nitrogen and oxygen atoms in total. The van der Waals surface area contributed by atoms with Crippen LogP contribution in [0, 0.1) is 11.8 Å². The van der Waals surface area contributed by atoms with Gasteiger partial charge in [0, 0.05) is 25.6 Å². The molecule has 4 heteroatoms. The van der Waals surface area contributed by atoms with Crippen LogP contribution < -0.4 is 11.1 Å². The van der Waals surface area contributed by atoms with Gasteiger partial charge < -0.3 is 16.0 Å². The Bertz CT molecular complexity index is 229. The largest absolute Gasteiger partial charge is 0.355 e. The number of amides is 1. The molecule has 0 saturated carbocycles. The lowest BCUT2D eigenvalue weighted by molar-refractivity contribution is -0.122. The highest BCUT2D eigenvalue weighted by Gasteiger charge is 2.14. The van der Waals surface area contributed by atoms with Crippen LogP contribution in [-0.2, 0) is 4.79 Å². The van der Waals surface area contributed by atoms with Gasteiger partial charge in [-0.1, -0.05) is 13.8 Å². The van der Waals surface area contributed by atoms with E-state index < -0.39 is 0 Å². The quantitative estimate of drug-likeness (QED) is 0.657. The molecule has 18 heavy (non-hydrogen) atoms. The molecular formula is C14H31N3O. The zero-order chi connectivity index (χ0) is 14.1. The Morgan fingerprint density at radius 3 is 2.33 bits per heavy atom. The fourth-order valence-corrected chi connectivity index (χ4v) is 1.89. The maximum Gasteiger partial charge on any atom is 0.220 e. The summed E-state index contributed by atoms with van der Waals surface area (Å²) in [5, 5.41) is 2.97. The van der Waals surface area contributed by atoms with Crippen LogP contribution in [0.1, 0.15) is 40.5 Å². The van der Waals surface area contributed by atoms with Crippen molar-refractivity contribution in [2.24, 2.45) is 17.6 Å². The molecule has 0 heterocycles. The minimum Gasteiger partial charge on any atom is -0.355 e. The predicted molar refractivity (Wildman–Crippen MR) is 77.4 cm³/mol. The SMILES string of the molecule is CC(C)CC(CN)CC(=O)NCCN(C)C(C)C. The number of nitrogens with one attached hydrogen (secondary N) is 1. The Balaban J connectivity index is 3.82. The lowest BCUT2D eigenvalue weighted by Gasteiger charge is -2.21. The van der Waals surface area contributed by atoms with E-state index in [4.69, 9.17) is 5.73 Å². The molecule has 0 aromatic carbocycles. The van der Waals surface area contributed by atoms with Crippen molar-refractivity contribution < 1.29 is 4.79 Å². The first-order valence-corrected chi connectivity index (χ1v) is 7.03. The normalized spacial score (nSPS) is 13.4. The first-order valence-electron chi connectivity index (χ1n) is 7.03. The summed E-state index contributed by atoms with van der Waals surface area (Å²) in [6, 6.07) is 0.514. The van der Waals surface area contributed by atoms with Gasteiger partial charge in [-0.25, -0.2) is 0 Å². The highest BCUT2D eigenvalue weighted by atomic mass is 16.1. The molecule has 0 fully saturated rings. The van der Waals surface area contributed by atoms with E-state index in [0.717, 1.165) is 13.0 Å². The monoisotopic (exact) mass is 257 g/mol. The second-order valence-electron chi connectivity index (χ2n) is 5.86. The van der Waals surface area contributed by atoms with Crippen molar-refractivity contribution >= 4 is 5.91 Å². The molecule has 0 aromatic heterocycles. The number of nitrogens with two attached hydrogens (primary N) is 1. The summed E-state index contributed by atoms with van der Waals surface area (Å²) in [4.78, 5) is 14.0. The Labute approximate surface area is 112 Å². The fraction of sp³-hybridized carbons (Fsp3) is 0.929. The van der Waals surface area contributed by atoms with Gasteiger partial charge in [0.05, 0.1) is 0 Å². The molecule has 0 spiro atoms. The number of nitrogens with zero attached hydrogens (tertiary/aromatic N) is 1. The number of hydrogen-bond acceptors (Lipinski definition) is 3. The van der Waals surface area contributed by atoms with Gasteiger partial charge in [0.2, 0.25) is 5.91 Å². The van der Waals surface area contributed by atoms with Gasteiger partial charge in [-0.05, 0) is 45.7 Å². The molecule has 0 rings (SSSR count). The summed E-state index contributed by atoms with van der Waals surface area (Å²) in [7, 11) is 2.07. The average molecular weight is 257 g/mol. The van der Waals surface area contributed by atoms with E-state index >= 15 is 0 Å². The molecule has 0 aliphatic carbocycles. The second kappa shape index (κ2) is 9.34. The van der Waals surface area contributed by atoms with Crippen molar-refractivity contribution in [3.05, 3.63) is 0 Å². The molecule has 1 amide bonds. The fourth-order valence-electron chi connectivity index (χ4n) is 1.89. The number of likely N-dealkylation sites (N-methyl/N-ethyl adjacent to an activating group) is 1. The van der Waals surface area contributed by atoms with Gasteiger partial charge >= 0.3 is 0 Å². The third-order valence-electron chi connectivity index (χ3n) is 3.28. The molecule has 1 unspecified atom stereocenters. The Kier molecular flexibility index (Phi) is 9.02. The molecular weight excluding hydrogens is 226 g/mol. The second-order valence-corrected chi connectivity index (χ2v) is 5.86. The van der Waals surface area contributed by atoms with Crippen LogP contribution in [0.15, 0.2) is 0 Å². The lowest BCUT2D eigenvalue weighted by Crippen LogP contribution is -2.37. The molecule has 0 aliphatic heterocycles. The van der Waals surface area contributed by atoms with E-state index in [0.29, 0.717) is 37.4 Å². The van der Waals surface area contributed by atoms with Crippen LogP contribution in [0.4, 0.5) is 0 Å². The van der Waals surface area contributed by atoms with E-state index in [9.17, 15) is 4.79 Å². The van der Waals surface area contributed by atoms with Crippen LogP contribution in [0.3, 0.4) is 0 Å². The van der Waals surface area contributed by atoms with Gasteiger partial charge in [-0.15, -0.1) is 0 Å². The Morgan fingerprint density at radius 1 is 1.28 bits per heavy atom. The van der Waals surface area contributed by atoms with E-state index in [2.05, 4.69) is 45.0 Å². The Hall–Kier alpha value is -0.610. The number of carbonyl (C=O) groups is 1. The van der Waals surface area contributed by atoms with Crippen LogP contribution >= 0.6 is 0 Å². The molecule has 0 aliphatic rings. The van der Waals surface area contributed by atoms with E-state index in [1.165, 1.54) is 0 Å². The van der Waals surface area contributed by atoms with Crippen molar-refractivity contribution in [2.45, 2.75) is 46.6 Å². The van der Waals surface area contributed by atoms with Crippen LogP contribution in [0.2, 0.25) is 0 Å². The molecule has 1 atom stereocenters. The highest BCUT2D eigenvalue weighted by molar-refractivity contribution is 5.76. The summed E-state index contributed by atoms with van der Waals surface area (Å²) in [6.07, 6.45) is 1.58. The molecule has 108 valence electrons. The van der Waals surface area contributed by atoms with Crippen molar-refractivity contribution in [3.63, 3.8) is 0 Å². The van der Waals surface area contributed by atoms with Crippen LogP contribution in [0.5, 0.6) is 0 Å². The maximum atomic E-state index is 11.8. The number of rotatable bonds is 9. The smallest absolute Gasteiger partial charge is 0.220 e. The van der Waals surface area contributed by atoms with E-state index in [1.54, 1.807) is 0 Å². The first-order chi connectivity index (χ1) is 8.36. The van der Waals surface area contributed by atoms with E-state index in [-0.39, 0.29) is 5.91 Å². The summed E-state index contributed by atoms with van der Waals surface area (Å²) in [6.45, 7) is 10.8. The Morgan fingerprint density at radius 2 is 1.89 bits per heavy atom. The highest BCUT2D eigenvalue weighted by Crippen LogP contribution is 2.13. The summed E-state index contributed by atoms with van der Waals surface area (Å²) in [5.74, 6) is 1.04. The third-order valence-corrected chi connectivity index (χ3v) is 3.28. The van der Waals surface area contributed by atoms with E-state index in [1.807, 2.05) is 0 Å². The van der Waals surface area contributed by atoms with Gasteiger partial charge in [-0.3, -0.25) is 4.79 Å². The molecule has 0 bridgehead atoms. The van der Waals surface area contributed by atoms with Gasteiger partial charge in [-0.2, -0.15) is 0 Å². The zero-order valence-corrected chi connectivity index (χ0v) is 12.7. The standard InChI is InChI=1S/C14H31N3O/c1-11(2)8-13(10-15)9-14(18)16-6-7-17(5)12(3)4/h11-13H,6-10,15H2,1-5H3,(H,16,18). The van der Waals surface area contributed by atoms with Gasteiger partial charge in [0.15, 0.2) is 0 Å². The number of hydrogen-bond donors (Lipinski definition) is 2. The number of carbonyl (C=O) groups excluding carboxylic acids is 1. The topological polar surface area (TPSA) is 58.4 Å². The summed E-state index contributed by atoms with van der Waals surface area (Å²) in [5.41, 5.74) is 5.70. The van der Waals surface area contributed by atoms with Crippen LogP contribution in [0.25, 0.3) is 0 Å². The summed E-state index contributed by atoms with van der Waals surface area (Å²) < 4.78 is 0. The predicted octanol–water partition coefficient (Wildman–Crippen LogP) is 1.45. The van der Waals surface area contributed by atoms with Gasteiger partial charge in [0.1, 0.15) is 0 Å². The zero-order valence-electron chi connectivity index (χ0n) is 12.7. The first kappa shape index (κ1) is 17.4. The molecule has 0 saturated heterocycles. The third kappa shape index (κ3) is 8.48. The van der Waals surface area contributed by atoms with Crippen molar-refractivity contribution in [1.29, 1.82) is 0 Å². The maximum absolute atomic E-state index is 11.8. The molecule has 0 radical (unpaired) electrons. The minimum atomic E-state index is 0.128. The van der Waals surface area contributed by atoms with Crippen molar-refractivity contribution in [2.75, 3.05) is 26.7 Å². The van der Waals surface area contributed by atoms with Crippen molar-refractivity contribution in [3.8, 4) is 0 Å². The average Bonchev–Trinajstić information content (AvgIpc) is 2.27. The summed E-state index contributed by atoms with van der Waals surface area (Å²) >= 11 is 0. The van der Waals surface area contributed by atoms with Gasteiger partial charge in [0.25, 0.3) is 0 Å². The van der Waals surface area contributed by atoms with Crippen molar-refractivity contribution in [1.82, 2.24) is 10.2 Å². The molecule has 0 aromatic rings.